The number of hydrogen-bond acceptors (Lipinski definition) is 2. The van der Waals surface area contributed by atoms with Crippen molar-refractivity contribution in [3.05, 3.63) is 0 Å². The van der Waals surface area contributed by atoms with Crippen LogP contribution in [0.25, 0.3) is 0 Å². The number of amides is 1. The number of rotatable bonds is 4. The van der Waals surface area contributed by atoms with Gasteiger partial charge in [0.25, 0.3) is 0 Å². The van der Waals surface area contributed by atoms with Crippen LogP contribution in [0, 0.1) is 23.2 Å². The summed E-state index contributed by atoms with van der Waals surface area (Å²) in [5.74, 6) is 2.23. The van der Waals surface area contributed by atoms with Gasteiger partial charge in [-0.2, -0.15) is 0 Å². The Morgan fingerprint density at radius 2 is 1.73 bits per heavy atom. The van der Waals surface area contributed by atoms with E-state index in [2.05, 4.69) is 19.2 Å². The van der Waals surface area contributed by atoms with Gasteiger partial charge in [-0.05, 0) is 62.7 Å². The summed E-state index contributed by atoms with van der Waals surface area (Å²) >= 11 is 0. The second kappa shape index (κ2) is 6.51. The van der Waals surface area contributed by atoms with Crippen molar-refractivity contribution >= 4 is 5.91 Å². The molecule has 3 rings (SSSR count). The quantitative estimate of drug-likeness (QED) is 0.833. The van der Waals surface area contributed by atoms with E-state index < -0.39 is 0 Å². The fraction of sp³-hybridized carbons (Fsp3) is 0.947. The van der Waals surface area contributed by atoms with Crippen molar-refractivity contribution < 1.29 is 4.79 Å². The molecule has 0 radical (unpaired) electrons. The predicted molar refractivity (Wildman–Crippen MR) is 90.3 cm³/mol. The zero-order chi connectivity index (χ0) is 15.7. The number of carbonyl (C=O) groups excluding carboxylic acids is 1. The molecule has 22 heavy (non-hydrogen) atoms. The smallest absolute Gasteiger partial charge is 0.226 e. The largest absolute Gasteiger partial charge is 0.352 e. The third-order valence-corrected chi connectivity index (χ3v) is 6.52. The van der Waals surface area contributed by atoms with Crippen molar-refractivity contribution in [3.63, 3.8) is 0 Å². The molecule has 2 atom stereocenters. The molecule has 126 valence electrons. The first-order chi connectivity index (χ1) is 10.5. The lowest BCUT2D eigenvalue weighted by molar-refractivity contribution is -0.134. The normalized spacial score (nSPS) is 37.3. The molecule has 3 aliphatic carbocycles. The lowest BCUT2D eigenvalue weighted by atomic mass is 9.66. The van der Waals surface area contributed by atoms with E-state index in [1.54, 1.807) is 0 Å². The number of nitrogens with one attached hydrogen (secondary N) is 1. The van der Waals surface area contributed by atoms with Crippen molar-refractivity contribution in [2.45, 2.75) is 90.1 Å². The Morgan fingerprint density at radius 1 is 1.14 bits per heavy atom. The molecule has 2 bridgehead atoms. The Morgan fingerprint density at radius 3 is 2.27 bits per heavy atom. The van der Waals surface area contributed by atoms with Crippen molar-refractivity contribution in [2.75, 3.05) is 0 Å². The Hall–Kier alpha value is -0.570. The monoisotopic (exact) mass is 306 g/mol. The molecule has 0 aliphatic heterocycles. The SMILES string of the molecule is CC(C)CC1(C(=O)NC2C3CCCC2CC(N)C3)CCCC1. The molecular weight excluding hydrogens is 272 g/mol. The van der Waals surface area contributed by atoms with Crippen LogP contribution < -0.4 is 11.1 Å². The van der Waals surface area contributed by atoms with E-state index in [-0.39, 0.29) is 5.41 Å². The van der Waals surface area contributed by atoms with Gasteiger partial charge in [0.1, 0.15) is 0 Å². The van der Waals surface area contributed by atoms with Gasteiger partial charge in [0.05, 0.1) is 0 Å². The zero-order valence-electron chi connectivity index (χ0n) is 14.4. The van der Waals surface area contributed by atoms with Gasteiger partial charge in [-0.1, -0.05) is 33.1 Å². The maximum atomic E-state index is 13.1. The Bertz CT molecular complexity index is 386. The fourth-order valence-electron chi connectivity index (χ4n) is 5.69. The van der Waals surface area contributed by atoms with Gasteiger partial charge in [-0.3, -0.25) is 4.79 Å². The maximum Gasteiger partial charge on any atom is 0.226 e. The summed E-state index contributed by atoms with van der Waals surface area (Å²) in [5, 5.41) is 3.54. The highest BCUT2D eigenvalue weighted by Gasteiger charge is 2.45. The molecule has 3 aliphatic rings. The van der Waals surface area contributed by atoms with Crippen LogP contribution in [0.1, 0.15) is 78.1 Å². The van der Waals surface area contributed by atoms with Crippen molar-refractivity contribution in [1.82, 2.24) is 5.32 Å². The topological polar surface area (TPSA) is 55.1 Å². The number of hydrogen-bond donors (Lipinski definition) is 2. The number of fused-ring (bicyclic) bond motifs is 2. The summed E-state index contributed by atoms with van der Waals surface area (Å²) < 4.78 is 0. The molecule has 2 unspecified atom stereocenters. The van der Waals surface area contributed by atoms with Crippen molar-refractivity contribution in [1.29, 1.82) is 0 Å². The predicted octanol–water partition coefficient (Wildman–Crippen LogP) is 3.62. The molecule has 0 saturated heterocycles. The fourth-order valence-corrected chi connectivity index (χ4v) is 5.69. The summed E-state index contributed by atoms with van der Waals surface area (Å²) in [6.45, 7) is 4.50. The highest BCUT2D eigenvalue weighted by atomic mass is 16.2. The van der Waals surface area contributed by atoms with Crippen LogP contribution in [0.3, 0.4) is 0 Å². The molecule has 0 aromatic rings. The van der Waals surface area contributed by atoms with E-state index in [4.69, 9.17) is 5.73 Å². The van der Waals surface area contributed by atoms with Crippen LogP contribution in [0.2, 0.25) is 0 Å². The van der Waals surface area contributed by atoms with E-state index >= 15 is 0 Å². The number of nitrogens with two attached hydrogens (primary N) is 1. The molecule has 0 heterocycles. The van der Waals surface area contributed by atoms with E-state index in [0.717, 1.165) is 32.1 Å². The second-order valence-corrected chi connectivity index (χ2v) is 8.77. The molecule has 3 saturated carbocycles. The first-order valence-corrected chi connectivity index (χ1v) is 9.57. The average molecular weight is 306 g/mol. The molecular formula is C19H34N2O. The Balaban J connectivity index is 1.70. The van der Waals surface area contributed by atoms with E-state index in [9.17, 15) is 4.79 Å². The summed E-state index contributed by atoms with van der Waals surface area (Å²) in [7, 11) is 0. The summed E-state index contributed by atoms with van der Waals surface area (Å²) in [6.07, 6.45) is 11.8. The first-order valence-electron chi connectivity index (χ1n) is 9.57. The van der Waals surface area contributed by atoms with Crippen LogP contribution in [0.15, 0.2) is 0 Å². The minimum absolute atomic E-state index is 0.0674. The molecule has 3 fully saturated rings. The van der Waals surface area contributed by atoms with Crippen molar-refractivity contribution in [2.24, 2.45) is 28.9 Å². The van der Waals surface area contributed by atoms with E-state index in [1.807, 2.05) is 0 Å². The van der Waals surface area contributed by atoms with Gasteiger partial charge in [-0.15, -0.1) is 0 Å². The zero-order valence-corrected chi connectivity index (χ0v) is 14.4. The first kappa shape index (κ1) is 16.3. The molecule has 0 spiro atoms. The minimum atomic E-state index is -0.0674. The lowest BCUT2D eigenvalue weighted by Crippen LogP contribution is -2.56. The molecule has 0 aromatic heterocycles. The summed E-state index contributed by atoms with van der Waals surface area (Å²) in [4.78, 5) is 13.1. The van der Waals surface area contributed by atoms with Crippen LogP contribution >= 0.6 is 0 Å². The molecule has 3 N–H and O–H groups in total. The van der Waals surface area contributed by atoms with Gasteiger partial charge < -0.3 is 11.1 Å². The minimum Gasteiger partial charge on any atom is -0.352 e. The van der Waals surface area contributed by atoms with Crippen LogP contribution in [-0.4, -0.2) is 18.0 Å². The Labute approximate surface area is 135 Å². The second-order valence-electron chi connectivity index (χ2n) is 8.77. The van der Waals surface area contributed by atoms with Gasteiger partial charge >= 0.3 is 0 Å². The highest BCUT2D eigenvalue weighted by molar-refractivity contribution is 5.83. The van der Waals surface area contributed by atoms with E-state index in [1.165, 1.54) is 32.1 Å². The van der Waals surface area contributed by atoms with Gasteiger partial charge in [0.15, 0.2) is 0 Å². The summed E-state index contributed by atoms with van der Waals surface area (Å²) in [5.41, 5.74) is 6.15. The Kier molecular flexibility index (Phi) is 4.82. The highest BCUT2D eigenvalue weighted by Crippen LogP contribution is 2.45. The van der Waals surface area contributed by atoms with Crippen LogP contribution in [0.5, 0.6) is 0 Å². The van der Waals surface area contributed by atoms with Gasteiger partial charge in [0.2, 0.25) is 5.91 Å². The standard InChI is InChI=1S/C19H34N2O/c1-13(2)12-19(8-3-4-9-19)18(22)21-17-14-6-5-7-15(17)11-16(20)10-14/h13-17H,3-12,20H2,1-2H3,(H,21,22). The van der Waals surface area contributed by atoms with E-state index in [0.29, 0.717) is 35.7 Å². The maximum absolute atomic E-state index is 13.1. The summed E-state index contributed by atoms with van der Waals surface area (Å²) in [6, 6.07) is 0.769. The van der Waals surface area contributed by atoms with Crippen molar-refractivity contribution in [3.8, 4) is 0 Å². The molecule has 3 heteroatoms. The molecule has 3 nitrogen and oxygen atoms in total. The molecule has 0 aromatic carbocycles. The third kappa shape index (κ3) is 3.20. The van der Waals surface area contributed by atoms with Crippen LogP contribution in [-0.2, 0) is 4.79 Å². The van der Waals surface area contributed by atoms with Gasteiger partial charge in [0, 0.05) is 17.5 Å². The molecule has 1 amide bonds. The van der Waals surface area contributed by atoms with Gasteiger partial charge in [-0.25, -0.2) is 0 Å². The lowest BCUT2D eigenvalue weighted by Gasteiger charge is -2.46. The average Bonchev–Trinajstić information content (AvgIpc) is 2.88. The van der Waals surface area contributed by atoms with Crippen LogP contribution in [0.4, 0.5) is 0 Å². The number of carbonyl (C=O) groups is 1. The third-order valence-electron chi connectivity index (χ3n) is 6.52.